The summed E-state index contributed by atoms with van der Waals surface area (Å²) in [6.45, 7) is 14.6. The predicted molar refractivity (Wildman–Crippen MR) is 191 cm³/mol. The summed E-state index contributed by atoms with van der Waals surface area (Å²) in [6, 6.07) is 14.4. The Balaban J connectivity index is 1.51. The molecule has 256 valence electrons. The van der Waals surface area contributed by atoms with E-state index < -0.39 is 39.4 Å². The molecule has 3 heterocycles. The van der Waals surface area contributed by atoms with Gasteiger partial charge in [-0.15, -0.1) is 0 Å². The average Bonchev–Trinajstić information content (AvgIpc) is 3.60. The molecule has 0 spiro atoms. The number of hydrogen-bond donors (Lipinski definition) is 0. The molecule has 0 saturated carbocycles. The Morgan fingerprint density at radius 2 is 1.62 bits per heavy atom. The van der Waals surface area contributed by atoms with Crippen molar-refractivity contribution in [2.75, 3.05) is 12.9 Å². The van der Waals surface area contributed by atoms with E-state index in [1.54, 1.807) is 24.3 Å². The molecule has 1 aliphatic rings. The summed E-state index contributed by atoms with van der Waals surface area (Å²) in [5, 5.41) is 1.58. The fraction of sp³-hybridized carbons (Fsp3) is 0.444. The summed E-state index contributed by atoms with van der Waals surface area (Å²) in [5.41, 5.74) is 4.40. The first-order valence-corrected chi connectivity index (χ1v) is 20.5. The molecule has 2 unspecified atom stereocenters. The SMILES string of the molecule is CSc1nc(Cl)c2c(C(CC(C)(C)C)O[SiH](C)C)cn(C3C[C@H](OC(=O)c4ccc(C)cc4)[C@@H](COC(=O)c4ccc(C)cc4)O3)c2n1. The maximum Gasteiger partial charge on any atom is 0.338 e. The van der Waals surface area contributed by atoms with Crippen LogP contribution in [-0.4, -0.2) is 60.6 Å². The molecule has 12 heteroatoms. The van der Waals surface area contributed by atoms with Crippen LogP contribution in [-0.2, 0) is 18.6 Å². The van der Waals surface area contributed by atoms with Gasteiger partial charge < -0.3 is 23.2 Å². The van der Waals surface area contributed by atoms with Crippen LogP contribution in [0, 0.1) is 19.3 Å². The summed E-state index contributed by atoms with van der Waals surface area (Å²) in [5.74, 6) is -0.962. The van der Waals surface area contributed by atoms with Gasteiger partial charge in [0.25, 0.3) is 0 Å². The highest BCUT2D eigenvalue weighted by Gasteiger charge is 2.41. The Morgan fingerprint density at radius 3 is 2.19 bits per heavy atom. The molecule has 0 aliphatic carbocycles. The number of hydrogen-bond acceptors (Lipinski definition) is 9. The molecule has 4 aromatic rings. The van der Waals surface area contributed by atoms with Crippen LogP contribution in [0.2, 0.25) is 18.2 Å². The normalized spacial score (nSPS) is 18.8. The van der Waals surface area contributed by atoms with Crippen molar-refractivity contribution in [3.63, 3.8) is 0 Å². The first-order valence-electron chi connectivity index (χ1n) is 16.2. The molecule has 0 N–H and O–H groups in total. The smallest absolute Gasteiger partial charge is 0.338 e. The molecule has 1 aliphatic heterocycles. The van der Waals surface area contributed by atoms with Crippen molar-refractivity contribution >= 4 is 55.4 Å². The number of esters is 2. The fourth-order valence-corrected chi connectivity index (χ4v) is 7.34. The summed E-state index contributed by atoms with van der Waals surface area (Å²) < 4.78 is 26.9. The minimum atomic E-state index is -1.47. The van der Waals surface area contributed by atoms with E-state index in [4.69, 9.17) is 35.2 Å². The van der Waals surface area contributed by atoms with Gasteiger partial charge in [-0.1, -0.05) is 79.5 Å². The molecule has 0 bridgehead atoms. The van der Waals surface area contributed by atoms with E-state index in [0.717, 1.165) is 23.1 Å². The third-order valence-electron chi connectivity index (χ3n) is 8.10. The summed E-state index contributed by atoms with van der Waals surface area (Å²) in [7, 11) is -1.47. The first-order chi connectivity index (χ1) is 22.7. The molecule has 1 fully saturated rings. The number of aryl methyl sites for hydroxylation is 2. The summed E-state index contributed by atoms with van der Waals surface area (Å²) in [4.78, 5) is 35.7. The van der Waals surface area contributed by atoms with Crippen molar-refractivity contribution in [2.45, 2.75) is 90.3 Å². The highest BCUT2D eigenvalue weighted by atomic mass is 35.5. The monoisotopic (exact) mass is 709 g/mol. The lowest BCUT2D eigenvalue weighted by molar-refractivity contribution is -0.0563. The largest absolute Gasteiger partial charge is 0.459 e. The van der Waals surface area contributed by atoms with Crippen molar-refractivity contribution < 1.29 is 28.2 Å². The molecule has 9 nitrogen and oxygen atoms in total. The topological polar surface area (TPSA) is 102 Å². The Hall–Kier alpha value is -3.22. The van der Waals surface area contributed by atoms with Gasteiger partial charge in [0.15, 0.2) is 14.2 Å². The van der Waals surface area contributed by atoms with Gasteiger partial charge in [0, 0.05) is 18.2 Å². The third-order valence-corrected chi connectivity index (χ3v) is 9.80. The molecule has 5 rings (SSSR count). The van der Waals surface area contributed by atoms with E-state index in [1.165, 1.54) is 11.8 Å². The van der Waals surface area contributed by atoms with Crippen molar-refractivity contribution in [3.05, 3.63) is 87.7 Å². The van der Waals surface area contributed by atoms with Gasteiger partial charge in [0.2, 0.25) is 0 Å². The van der Waals surface area contributed by atoms with Crippen LogP contribution in [0.25, 0.3) is 11.0 Å². The Labute approximate surface area is 293 Å². The molecule has 2 aromatic carbocycles. The van der Waals surface area contributed by atoms with Crippen LogP contribution in [0.5, 0.6) is 0 Å². The minimum absolute atomic E-state index is 0.0273. The number of carbonyl (C=O) groups is 2. The van der Waals surface area contributed by atoms with Gasteiger partial charge in [-0.25, -0.2) is 19.6 Å². The van der Waals surface area contributed by atoms with E-state index in [-0.39, 0.29) is 18.1 Å². The highest BCUT2D eigenvalue weighted by molar-refractivity contribution is 7.98. The van der Waals surface area contributed by atoms with E-state index >= 15 is 0 Å². The summed E-state index contributed by atoms with van der Waals surface area (Å²) in [6.07, 6.45) is 2.67. The number of thioether (sulfide) groups is 1. The molecule has 4 atom stereocenters. The third kappa shape index (κ3) is 8.67. The summed E-state index contributed by atoms with van der Waals surface area (Å²) >= 11 is 8.28. The zero-order chi connectivity index (χ0) is 34.7. The number of nitrogens with zero attached hydrogens (tertiary/aromatic N) is 3. The van der Waals surface area contributed by atoms with Crippen molar-refractivity contribution in [2.24, 2.45) is 5.41 Å². The molecule has 2 aromatic heterocycles. The van der Waals surface area contributed by atoms with Crippen LogP contribution in [0.4, 0.5) is 0 Å². The van der Waals surface area contributed by atoms with Crippen LogP contribution < -0.4 is 0 Å². The minimum Gasteiger partial charge on any atom is -0.459 e. The molecule has 0 amide bonds. The number of ether oxygens (including phenoxy) is 3. The number of benzene rings is 2. The second-order valence-electron chi connectivity index (χ2n) is 13.8. The average molecular weight is 710 g/mol. The zero-order valence-corrected chi connectivity index (χ0v) is 31.5. The lowest BCUT2D eigenvalue weighted by Gasteiger charge is -2.28. The predicted octanol–water partition coefficient (Wildman–Crippen LogP) is 8.27. The highest BCUT2D eigenvalue weighted by Crippen LogP contribution is 2.42. The van der Waals surface area contributed by atoms with E-state index in [9.17, 15) is 9.59 Å². The lowest BCUT2D eigenvalue weighted by Crippen LogP contribution is -2.32. The van der Waals surface area contributed by atoms with Crippen molar-refractivity contribution in [1.29, 1.82) is 0 Å². The second kappa shape index (κ2) is 15.1. The van der Waals surface area contributed by atoms with Gasteiger partial charge in [-0.3, -0.25) is 0 Å². The van der Waals surface area contributed by atoms with Crippen molar-refractivity contribution in [3.8, 4) is 0 Å². The Kier molecular flexibility index (Phi) is 11.4. The maximum atomic E-state index is 13.3. The number of fused-ring (bicyclic) bond motifs is 1. The van der Waals surface area contributed by atoms with E-state index in [1.807, 2.05) is 55.1 Å². The van der Waals surface area contributed by atoms with E-state index in [2.05, 4.69) is 38.8 Å². The molecule has 48 heavy (non-hydrogen) atoms. The zero-order valence-electron chi connectivity index (χ0n) is 28.8. The van der Waals surface area contributed by atoms with Crippen LogP contribution in [0.1, 0.15) is 83.4 Å². The van der Waals surface area contributed by atoms with Crippen LogP contribution >= 0.6 is 23.4 Å². The standard InChI is InChI=1S/C36H44ClN3O6SSi/c1-21-9-13-23(14-10-21)33(41)43-20-28-26(45-34(42)24-15-11-22(2)12-16-24)17-29(44-28)40-19-25(27(46-48(7)8)18-36(3,4)5)30-31(37)38-35(47-6)39-32(30)40/h9-16,19,26-29,48H,17-18,20H2,1-8H3/t26-,27?,28+,29?/m0/s1. The maximum absolute atomic E-state index is 13.3. The molecular weight excluding hydrogens is 666 g/mol. The van der Waals surface area contributed by atoms with Crippen molar-refractivity contribution in [1.82, 2.24) is 14.5 Å². The molecular formula is C36H44ClN3O6SSi. The van der Waals surface area contributed by atoms with Crippen LogP contribution in [0.15, 0.2) is 59.9 Å². The fourth-order valence-electron chi connectivity index (χ4n) is 5.76. The van der Waals surface area contributed by atoms with Gasteiger partial charge >= 0.3 is 11.9 Å². The quantitative estimate of drug-likeness (QED) is 0.0501. The first kappa shape index (κ1) is 36.1. The van der Waals surface area contributed by atoms with Gasteiger partial charge in [0.05, 0.1) is 22.6 Å². The van der Waals surface area contributed by atoms with Gasteiger partial charge in [-0.2, -0.15) is 0 Å². The molecule has 1 saturated heterocycles. The van der Waals surface area contributed by atoms with Crippen LogP contribution in [0.3, 0.4) is 0 Å². The second-order valence-corrected chi connectivity index (χ2v) is 17.3. The molecule has 0 radical (unpaired) electrons. The number of halogens is 1. The van der Waals surface area contributed by atoms with E-state index in [0.29, 0.717) is 38.9 Å². The number of aromatic nitrogens is 3. The van der Waals surface area contributed by atoms with Gasteiger partial charge in [-0.05, 0) is 69.3 Å². The lowest BCUT2D eigenvalue weighted by atomic mass is 9.87. The number of rotatable bonds is 11. The Morgan fingerprint density at radius 1 is 1.02 bits per heavy atom. The van der Waals surface area contributed by atoms with Gasteiger partial charge in [0.1, 0.15) is 35.8 Å². The Bertz CT molecular complexity index is 1760. The number of carbonyl (C=O) groups excluding carboxylic acids is 2.